The lowest BCUT2D eigenvalue weighted by atomic mass is 10.1. The van der Waals surface area contributed by atoms with Gasteiger partial charge in [-0.15, -0.1) is 0 Å². The first-order valence-electron chi connectivity index (χ1n) is 8.95. The molecular weight excluding hydrogens is 373 g/mol. The first-order chi connectivity index (χ1) is 14.0. The second kappa shape index (κ2) is 8.44. The molecule has 0 saturated heterocycles. The van der Waals surface area contributed by atoms with Crippen LogP contribution in [0.1, 0.15) is 28.4 Å². The Labute approximate surface area is 167 Å². The Balaban J connectivity index is 1.75. The van der Waals surface area contributed by atoms with Crippen LogP contribution in [0, 0.1) is 17.1 Å². The van der Waals surface area contributed by atoms with E-state index in [1.54, 1.807) is 4.68 Å². The van der Waals surface area contributed by atoms with Gasteiger partial charge in [-0.25, -0.2) is 9.07 Å². The molecule has 0 atom stereocenters. The lowest BCUT2D eigenvalue weighted by molar-refractivity contribution is 0.0947. The average Bonchev–Trinajstić information content (AvgIpc) is 3.07. The fraction of sp³-hybridized carbons (Fsp3) is 0.190. The summed E-state index contributed by atoms with van der Waals surface area (Å²) in [5.74, 6) is -0.316. The van der Waals surface area contributed by atoms with Gasteiger partial charge in [0.1, 0.15) is 34.7 Å². The van der Waals surface area contributed by atoms with Crippen LogP contribution < -0.4 is 15.8 Å². The van der Waals surface area contributed by atoms with Gasteiger partial charge in [0.25, 0.3) is 5.91 Å². The van der Waals surface area contributed by atoms with E-state index in [-0.39, 0.29) is 12.1 Å². The molecule has 3 N–H and O–H groups in total. The van der Waals surface area contributed by atoms with Crippen molar-refractivity contribution < 1.29 is 13.9 Å². The molecule has 148 valence electrons. The Morgan fingerprint density at radius 3 is 2.66 bits per heavy atom. The zero-order valence-corrected chi connectivity index (χ0v) is 16.1. The predicted octanol–water partition coefficient (Wildman–Crippen LogP) is 3.10. The van der Waals surface area contributed by atoms with Crippen LogP contribution in [-0.2, 0) is 13.1 Å². The number of halogens is 1. The Bertz CT molecular complexity index is 1080. The summed E-state index contributed by atoms with van der Waals surface area (Å²) in [6.07, 6.45) is 0. The first-order valence-corrected chi connectivity index (χ1v) is 8.95. The van der Waals surface area contributed by atoms with E-state index in [9.17, 15) is 14.4 Å². The third-order valence-corrected chi connectivity index (χ3v) is 4.49. The van der Waals surface area contributed by atoms with E-state index in [0.29, 0.717) is 29.4 Å². The number of benzene rings is 2. The quantitative estimate of drug-likeness (QED) is 0.669. The van der Waals surface area contributed by atoms with E-state index in [0.717, 1.165) is 17.2 Å². The summed E-state index contributed by atoms with van der Waals surface area (Å²) in [6.45, 7) is 2.71. The monoisotopic (exact) mass is 393 g/mol. The minimum Gasteiger partial charge on any atom is -0.496 e. The largest absolute Gasteiger partial charge is 0.496 e. The molecule has 3 rings (SSSR count). The molecule has 0 spiro atoms. The van der Waals surface area contributed by atoms with Crippen molar-refractivity contribution in [3.63, 3.8) is 0 Å². The van der Waals surface area contributed by atoms with E-state index in [1.807, 2.05) is 31.2 Å². The van der Waals surface area contributed by atoms with Crippen molar-refractivity contribution in [2.45, 2.75) is 20.0 Å². The molecule has 0 fully saturated rings. The van der Waals surface area contributed by atoms with Crippen LogP contribution in [-0.4, -0.2) is 22.8 Å². The number of carbonyl (C=O) groups excluding carboxylic acids is 1. The van der Waals surface area contributed by atoms with Gasteiger partial charge in [0.15, 0.2) is 0 Å². The van der Waals surface area contributed by atoms with Crippen LogP contribution in [0.3, 0.4) is 0 Å². The number of nitrogen functional groups attached to an aromatic ring is 1. The molecule has 0 aliphatic rings. The average molecular weight is 393 g/mol. The van der Waals surface area contributed by atoms with Gasteiger partial charge < -0.3 is 15.8 Å². The molecule has 1 aromatic heterocycles. The highest BCUT2D eigenvalue weighted by Crippen LogP contribution is 2.27. The molecule has 0 saturated carbocycles. The van der Waals surface area contributed by atoms with Crippen molar-refractivity contribution in [1.82, 2.24) is 15.1 Å². The Kier molecular flexibility index (Phi) is 5.79. The van der Waals surface area contributed by atoms with E-state index in [4.69, 9.17) is 10.5 Å². The molecule has 8 heteroatoms. The summed E-state index contributed by atoms with van der Waals surface area (Å²) in [5.41, 5.74) is 8.53. The number of nitrogens with zero attached hydrogens (tertiary/aromatic N) is 3. The molecule has 3 aromatic rings. The summed E-state index contributed by atoms with van der Waals surface area (Å²) < 4.78 is 20.1. The number of methoxy groups -OCH3 is 1. The van der Waals surface area contributed by atoms with E-state index in [2.05, 4.69) is 16.5 Å². The fourth-order valence-electron chi connectivity index (χ4n) is 2.94. The van der Waals surface area contributed by atoms with Gasteiger partial charge in [0, 0.05) is 18.7 Å². The van der Waals surface area contributed by atoms with Gasteiger partial charge in [-0.1, -0.05) is 24.3 Å². The topological polar surface area (TPSA) is 106 Å². The zero-order valence-electron chi connectivity index (χ0n) is 16.1. The number of amides is 1. The highest BCUT2D eigenvalue weighted by atomic mass is 19.1. The number of aromatic nitrogens is 2. The number of nitrogens with one attached hydrogen (secondary N) is 1. The molecule has 0 radical (unpaired) electrons. The minimum absolute atomic E-state index is 0.128. The molecule has 0 aliphatic carbocycles. The smallest absolute Gasteiger partial charge is 0.255 e. The van der Waals surface area contributed by atoms with Gasteiger partial charge in [0.05, 0.1) is 12.7 Å². The van der Waals surface area contributed by atoms with Crippen molar-refractivity contribution >= 4 is 11.7 Å². The number of rotatable bonds is 6. The third-order valence-electron chi connectivity index (χ3n) is 4.49. The minimum atomic E-state index is -0.514. The van der Waals surface area contributed by atoms with Gasteiger partial charge >= 0.3 is 0 Å². The Hall–Kier alpha value is -3.86. The normalized spacial score (nSPS) is 10.4. The van der Waals surface area contributed by atoms with Crippen molar-refractivity contribution in [3.05, 3.63) is 65.0 Å². The fourth-order valence-corrected chi connectivity index (χ4v) is 2.94. The molecule has 1 heterocycles. The summed E-state index contributed by atoms with van der Waals surface area (Å²) >= 11 is 0. The number of anilines is 1. The van der Waals surface area contributed by atoms with Crippen molar-refractivity contribution in [2.75, 3.05) is 12.8 Å². The summed E-state index contributed by atoms with van der Waals surface area (Å²) in [4.78, 5) is 12.4. The maximum atomic E-state index is 13.5. The van der Waals surface area contributed by atoms with Crippen molar-refractivity contribution in [1.29, 1.82) is 5.26 Å². The van der Waals surface area contributed by atoms with E-state index in [1.165, 1.54) is 19.2 Å². The van der Waals surface area contributed by atoms with E-state index >= 15 is 0 Å². The summed E-state index contributed by atoms with van der Waals surface area (Å²) in [7, 11) is 1.42. The number of hydrogen-bond acceptors (Lipinski definition) is 5. The maximum Gasteiger partial charge on any atom is 0.255 e. The van der Waals surface area contributed by atoms with Crippen LogP contribution in [0.25, 0.3) is 11.3 Å². The lowest BCUT2D eigenvalue weighted by Gasteiger charge is -2.10. The molecular formula is C21H20FN5O2. The standard InChI is InChI=1S/C21H20FN5O2/c1-3-27-20(24)17(11-23)19(26-27)14-6-4-13(5-7-14)12-25-21(28)16-10-15(22)8-9-18(16)29-2/h4-10H,3,12,24H2,1-2H3,(H,25,28). The maximum absolute atomic E-state index is 13.5. The van der Waals surface area contributed by atoms with Gasteiger partial charge in [-0.2, -0.15) is 10.4 Å². The number of aryl methyl sites for hydroxylation is 1. The summed E-state index contributed by atoms with van der Waals surface area (Å²) in [6, 6.07) is 13.1. The number of nitrogens with two attached hydrogens (primary N) is 1. The second-order valence-electron chi connectivity index (χ2n) is 6.26. The number of ether oxygens (including phenoxy) is 1. The lowest BCUT2D eigenvalue weighted by Crippen LogP contribution is -2.23. The van der Waals surface area contributed by atoms with E-state index < -0.39 is 11.7 Å². The number of hydrogen-bond donors (Lipinski definition) is 2. The molecule has 0 unspecified atom stereocenters. The highest BCUT2D eigenvalue weighted by molar-refractivity contribution is 5.96. The van der Waals surface area contributed by atoms with Crippen LogP contribution in [0.5, 0.6) is 5.75 Å². The van der Waals surface area contributed by atoms with Crippen LogP contribution >= 0.6 is 0 Å². The third kappa shape index (κ3) is 4.04. The first kappa shape index (κ1) is 19.9. The zero-order chi connectivity index (χ0) is 21.0. The molecule has 1 amide bonds. The van der Waals surface area contributed by atoms with Gasteiger partial charge in [-0.05, 0) is 30.7 Å². The SMILES string of the molecule is CCn1nc(-c2ccc(CNC(=O)c3cc(F)ccc3OC)cc2)c(C#N)c1N. The summed E-state index contributed by atoms with van der Waals surface area (Å²) in [5, 5.41) is 16.5. The Morgan fingerprint density at radius 1 is 1.31 bits per heavy atom. The van der Waals surface area contributed by atoms with Crippen molar-refractivity contribution in [2.24, 2.45) is 0 Å². The van der Waals surface area contributed by atoms with Gasteiger partial charge in [-0.3, -0.25) is 4.79 Å². The predicted molar refractivity (Wildman–Crippen MR) is 107 cm³/mol. The molecule has 0 aliphatic heterocycles. The van der Waals surface area contributed by atoms with Crippen LogP contribution in [0.15, 0.2) is 42.5 Å². The van der Waals surface area contributed by atoms with Crippen LogP contribution in [0.4, 0.5) is 10.2 Å². The molecule has 7 nitrogen and oxygen atoms in total. The number of carbonyl (C=O) groups is 1. The molecule has 0 bridgehead atoms. The molecule has 29 heavy (non-hydrogen) atoms. The second-order valence-corrected chi connectivity index (χ2v) is 6.26. The molecule has 2 aromatic carbocycles. The highest BCUT2D eigenvalue weighted by Gasteiger charge is 2.16. The van der Waals surface area contributed by atoms with Crippen LogP contribution in [0.2, 0.25) is 0 Å². The van der Waals surface area contributed by atoms with Gasteiger partial charge in [0.2, 0.25) is 0 Å². The number of nitriles is 1. The Morgan fingerprint density at radius 2 is 2.03 bits per heavy atom. The van der Waals surface area contributed by atoms with Crippen molar-refractivity contribution in [3.8, 4) is 23.1 Å².